The first-order chi connectivity index (χ1) is 14.4. The molecule has 0 aromatic heterocycles. The molecular formula is C23H23O6P. The normalized spacial score (nSPS) is 11.2. The minimum Gasteiger partial charge on any atom is -0.393 e. The molecule has 0 aliphatic carbocycles. The van der Waals surface area contributed by atoms with Gasteiger partial charge in [0.05, 0.1) is 5.56 Å². The highest BCUT2D eigenvalue weighted by molar-refractivity contribution is 7.49. The molecule has 0 amide bonds. The number of para-hydroxylation sites is 2. The summed E-state index contributed by atoms with van der Waals surface area (Å²) in [5, 5.41) is 0. The summed E-state index contributed by atoms with van der Waals surface area (Å²) in [7, 11) is -4.31. The Bertz CT molecular complexity index is 942. The molecular weight excluding hydrogens is 403 g/mol. The Labute approximate surface area is 175 Å². The van der Waals surface area contributed by atoms with Gasteiger partial charge in [0, 0.05) is 0 Å². The lowest BCUT2D eigenvalue weighted by Crippen LogP contribution is -2.10. The van der Waals surface area contributed by atoms with Gasteiger partial charge in [0.1, 0.15) is 11.5 Å². The summed E-state index contributed by atoms with van der Waals surface area (Å²) in [4.78, 5) is 17.2. The SMILES string of the molecule is CC(C)Cc1ccc(C(=O)OOP(=O)(Oc2ccccc2)Oc2ccccc2)cc1. The van der Waals surface area contributed by atoms with E-state index < -0.39 is 13.8 Å². The maximum atomic E-state index is 13.1. The van der Waals surface area contributed by atoms with Crippen LogP contribution < -0.4 is 9.05 Å². The van der Waals surface area contributed by atoms with Crippen molar-refractivity contribution in [3.05, 3.63) is 96.1 Å². The molecule has 0 fully saturated rings. The number of carbonyl (C=O) groups excluding carboxylic acids is 1. The van der Waals surface area contributed by atoms with Crippen molar-refractivity contribution in [2.45, 2.75) is 20.3 Å². The van der Waals surface area contributed by atoms with Gasteiger partial charge in [-0.2, -0.15) is 0 Å². The monoisotopic (exact) mass is 426 g/mol. The topological polar surface area (TPSA) is 71.1 Å². The molecule has 0 saturated heterocycles. The largest absolute Gasteiger partial charge is 0.625 e. The van der Waals surface area contributed by atoms with E-state index >= 15 is 0 Å². The molecule has 3 aromatic rings. The van der Waals surface area contributed by atoms with Crippen LogP contribution in [0.1, 0.15) is 29.8 Å². The molecule has 0 saturated carbocycles. The smallest absolute Gasteiger partial charge is 0.393 e. The zero-order valence-corrected chi connectivity index (χ0v) is 17.7. The molecule has 3 aromatic carbocycles. The summed E-state index contributed by atoms with van der Waals surface area (Å²) < 4.78 is 28.8. The fraction of sp³-hybridized carbons (Fsp3) is 0.174. The van der Waals surface area contributed by atoms with Crippen LogP contribution in [0.3, 0.4) is 0 Å². The zero-order chi connectivity index (χ0) is 21.4. The number of phosphoric ester groups is 1. The maximum absolute atomic E-state index is 13.1. The molecule has 0 atom stereocenters. The van der Waals surface area contributed by atoms with Gasteiger partial charge in [0.15, 0.2) is 0 Å². The van der Waals surface area contributed by atoms with Crippen molar-refractivity contribution in [1.29, 1.82) is 0 Å². The van der Waals surface area contributed by atoms with E-state index in [2.05, 4.69) is 13.8 Å². The van der Waals surface area contributed by atoms with Crippen molar-refractivity contribution in [3.8, 4) is 11.5 Å². The first kappa shape index (κ1) is 21.6. The van der Waals surface area contributed by atoms with Crippen molar-refractivity contribution >= 4 is 13.8 Å². The fourth-order valence-corrected chi connectivity index (χ4v) is 3.66. The lowest BCUT2D eigenvalue weighted by atomic mass is 10.0. The second kappa shape index (κ2) is 10.1. The highest BCUT2D eigenvalue weighted by Crippen LogP contribution is 2.49. The van der Waals surface area contributed by atoms with Crippen LogP contribution in [0.25, 0.3) is 0 Å². The minimum absolute atomic E-state index is 0.242. The van der Waals surface area contributed by atoms with E-state index in [1.807, 2.05) is 12.1 Å². The number of rotatable bonds is 9. The number of phosphoric acid groups is 1. The third kappa shape index (κ3) is 6.48. The second-order valence-electron chi connectivity index (χ2n) is 7.00. The van der Waals surface area contributed by atoms with Crippen LogP contribution in [-0.4, -0.2) is 5.97 Å². The van der Waals surface area contributed by atoms with E-state index in [0.29, 0.717) is 5.92 Å². The van der Waals surface area contributed by atoms with Crippen LogP contribution in [-0.2, 0) is 20.5 Å². The van der Waals surface area contributed by atoms with E-state index in [9.17, 15) is 9.36 Å². The molecule has 0 N–H and O–H groups in total. The summed E-state index contributed by atoms with van der Waals surface area (Å²) in [6.45, 7) is 4.24. The summed E-state index contributed by atoms with van der Waals surface area (Å²) in [6.07, 6.45) is 0.900. The van der Waals surface area contributed by atoms with Gasteiger partial charge >= 0.3 is 13.8 Å². The first-order valence-electron chi connectivity index (χ1n) is 9.52. The van der Waals surface area contributed by atoms with E-state index in [4.69, 9.17) is 18.6 Å². The Morgan fingerprint density at radius 2 is 1.30 bits per heavy atom. The number of hydrogen-bond acceptors (Lipinski definition) is 6. The summed E-state index contributed by atoms with van der Waals surface area (Å²) in [5.74, 6) is 0.179. The van der Waals surface area contributed by atoms with Gasteiger partial charge < -0.3 is 9.05 Å². The number of hydrogen-bond donors (Lipinski definition) is 0. The van der Waals surface area contributed by atoms with Crippen molar-refractivity contribution in [1.82, 2.24) is 0 Å². The van der Waals surface area contributed by atoms with E-state index in [0.717, 1.165) is 12.0 Å². The molecule has 30 heavy (non-hydrogen) atoms. The number of benzene rings is 3. The van der Waals surface area contributed by atoms with Crippen molar-refractivity contribution < 1.29 is 28.0 Å². The van der Waals surface area contributed by atoms with Gasteiger partial charge in [-0.1, -0.05) is 62.4 Å². The molecule has 6 nitrogen and oxygen atoms in total. The van der Waals surface area contributed by atoms with Crippen LogP contribution in [0.5, 0.6) is 11.5 Å². The van der Waals surface area contributed by atoms with Crippen LogP contribution in [0.2, 0.25) is 0 Å². The van der Waals surface area contributed by atoms with Crippen LogP contribution in [0, 0.1) is 5.92 Å². The van der Waals surface area contributed by atoms with Crippen molar-refractivity contribution in [3.63, 3.8) is 0 Å². The molecule has 0 aliphatic rings. The van der Waals surface area contributed by atoms with Gasteiger partial charge in [-0.15, -0.1) is 0 Å². The molecule has 3 rings (SSSR count). The third-order valence-corrected chi connectivity index (χ3v) is 5.08. The average Bonchev–Trinajstić information content (AvgIpc) is 2.73. The zero-order valence-electron chi connectivity index (χ0n) is 16.8. The molecule has 0 unspecified atom stereocenters. The Balaban J connectivity index is 1.71. The van der Waals surface area contributed by atoms with Gasteiger partial charge in [-0.25, -0.2) is 9.36 Å². The molecule has 7 heteroatoms. The molecule has 0 radical (unpaired) electrons. The highest BCUT2D eigenvalue weighted by atomic mass is 31.2. The van der Waals surface area contributed by atoms with E-state index in [-0.39, 0.29) is 17.1 Å². The first-order valence-corrected chi connectivity index (χ1v) is 11.0. The standard InChI is InChI=1S/C23H23O6P/c1-18(2)17-19-13-15-20(16-14-19)23(24)26-29-30(25,27-21-9-5-3-6-10-21)28-22-11-7-4-8-12-22/h3-16,18H,17H2,1-2H3. The fourth-order valence-electron chi connectivity index (χ4n) is 2.65. The predicted molar refractivity (Wildman–Crippen MR) is 113 cm³/mol. The van der Waals surface area contributed by atoms with Gasteiger partial charge in [0.25, 0.3) is 0 Å². The Morgan fingerprint density at radius 1 is 0.800 bits per heavy atom. The summed E-state index contributed by atoms with van der Waals surface area (Å²) in [6, 6.07) is 23.6. The van der Waals surface area contributed by atoms with Gasteiger partial charge in [-0.3, -0.25) is 4.89 Å². The van der Waals surface area contributed by atoms with Crippen LogP contribution in [0.15, 0.2) is 84.9 Å². The van der Waals surface area contributed by atoms with Crippen molar-refractivity contribution in [2.75, 3.05) is 0 Å². The Hall–Kier alpha value is -3.08. The maximum Gasteiger partial charge on any atom is 0.625 e. The second-order valence-corrected chi connectivity index (χ2v) is 8.40. The Morgan fingerprint density at radius 3 is 1.77 bits per heavy atom. The van der Waals surface area contributed by atoms with Crippen LogP contribution in [0.4, 0.5) is 0 Å². The summed E-state index contributed by atoms with van der Waals surface area (Å²) in [5.41, 5.74) is 1.36. The minimum atomic E-state index is -4.31. The van der Waals surface area contributed by atoms with Crippen molar-refractivity contribution in [2.24, 2.45) is 5.92 Å². The number of carbonyl (C=O) groups is 1. The third-order valence-electron chi connectivity index (χ3n) is 3.96. The quantitative estimate of drug-likeness (QED) is 0.229. The molecule has 156 valence electrons. The molecule has 0 spiro atoms. The van der Waals surface area contributed by atoms with E-state index in [1.54, 1.807) is 72.8 Å². The van der Waals surface area contributed by atoms with Crippen LogP contribution >= 0.6 is 7.82 Å². The molecule has 0 bridgehead atoms. The average molecular weight is 426 g/mol. The Kier molecular flexibility index (Phi) is 7.28. The lowest BCUT2D eigenvalue weighted by molar-refractivity contribution is -0.163. The molecule has 0 heterocycles. The molecule has 0 aliphatic heterocycles. The summed E-state index contributed by atoms with van der Waals surface area (Å²) >= 11 is 0. The predicted octanol–water partition coefficient (Wildman–Crippen LogP) is 6.24. The lowest BCUT2D eigenvalue weighted by Gasteiger charge is -2.17. The van der Waals surface area contributed by atoms with Gasteiger partial charge in [-0.05, 0) is 59.0 Å². The van der Waals surface area contributed by atoms with Gasteiger partial charge in [0.2, 0.25) is 0 Å². The van der Waals surface area contributed by atoms with E-state index in [1.165, 1.54) is 0 Å². The highest BCUT2D eigenvalue weighted by Gasteiger charge is 2.35.